The molecule has 0 spiro atoms. The highest BCUT2D eigenvalue weighted by Crippen LogP contribution is 2.16. The van der Waals surface area contributed by atoms with Crippen molar-refractivity contribution in [2.24, 2.45) is 0 Å². The number of carbonyl (C=O) groups is 2. The van der Waals surface area contributed by atoms with Crippen LogP contribution < -0.4 is 9.47 Å². The van der Waals surface area contributed by atoms with Crippen molar-refractivity contribution in [2.75, 3.05) is 33.4 Å². The van der Waals surface area contributed by atoms with Gasteiger partial charge < -0.3 is 19.1 Å². The quantitative estimate of drug-likeness (QED) is 0.680. The molecule has 21 heavy (non-hydrogen) atoms. The highest BCUT2D eigenvalue weighted by Gasteiger charge is 2.16. The van der Waals surface area contributed by atoms with Crippen LogP contribution in [-0.4, -0.2) is 50.2 Å². The van der Waals surface area contributed by atoms with Gasteiger partial charge >= 0.3 is 5.97 Å². The summed E-state index contributed by atoms with van der Waals surface area (Å²) in [5.41, 5.74) is 0. The van der Waals surface area contributed by atoms with Crippen molar-refractivity contribution in [1.82, 2.24) is 4.90 Å². The lowest BCUT2D eigenvalue weighted by atomic mass is 10.3. The standard InChI is InChI=1S/C15H21NO5/c1-4-16(10-15(18)20-5-2)14(17)11-21-13-8-6-12(19-3)7-9-13/h6-9H,4-5,10-11H2,1-3H3. The third kappa shape index (κ3) is 5.72. The first-order valence-corrected chi connectivity index (χ1v) is 6.80. The molecule has 1 amide bonds. The van der Waals surface area contributed by atoms with Crippen LogP contribution in [0.3, 0.4) is 0 Å². The van der Waals surface area contributed by atoms with E-state index in [0.717, 1.165) is 0 Å². The highest BCUT2D eigenvalue weighted by atomic mass is 16.5. The first-order valence-electron chi connectivity index (χ1n) is 6.80. The van der Waals surface area contributed by atoms with Crippen LogP contribution in [-0.2, 0) is 14.3 Å². The lowest BCUT2D eigenvalue weighted by Gasteiger charge is -2.19. The molecule has 0 unspecified atom stereocenters. The Kier molecular flexibility index (Phi) is 7.08. The lowest BCUT2D eigenvalue weighted by Crippen LogP contribution is -2.39. The summed E-state index contributed by atoms with van der Waals surface area (Å²) in [6, 6.07) is 6.92. The molecule has 0 aliphatic carbocycles. The summed E-state index contributed by atoms with van der Waals surface area (Å²) in [6.07, 6.45) is 0. The molecular formula is C15H21NO5. The third-order valence-corrected chi connectivity index (χ3v) is 2.78. The van der Waals surface area contributed by atoms with Crippen molar-refractivity contribution in [2.45, 2.75) is 13.8 Å². The van der Waals surface area contributed by atoms with E-state index < -0.39 is 5.97 Å². The minimum atomic E-state index is -0.419. The van der Waals surface area contributed by atoms with Gasteiger partial charge in [0, 0.05) is 6.54 Å². The van der Waals surface area contributed by atoms with Crippen LogP contribution in [0.4, 0.5) is 0 Å². The summed E-state index contributed by atoms with van der Waals surface area (Å²) >= 11 is 0. The maximum absolute atomic E-state index is 12.0. The van der Waals surface area contributed by atoms with Crippen molar-refractivity contribution in [3.05, 3.63) is 24.3 Å². The maximum atomic E-state index is 12.0. The number of ether oxygens (including phenoxy) is 3. The van der Waals surface area contributed by atoms with Crippen LogP contribution >= 0.6 is 0 Å². The van der Waals surface area contributed by atoms with E-state index in [1.54, 1.807) is 45.2 Å². The Morgan fingerprint density at radius 1 is 1.10 bits per heavy atom. The Balaban J connectivity index is 2.47. The molecule has 0 aliphatic heterocycles. The molecule has 0 bridgehead atoms. The maximum Gasteiger partial charge on any atom is 0.325 e. The van der Waals surface area contributed by atoms with Crippen LogP contribution in [0.2, 0.25) is 0 Å². The summed E-state index contributed by atoms with van der Waals surface area (Å²) in [7, 11) is 1.58. The fourth-order valence-corrected chi connectivity index (χ4v) is 1.65. The van der Waals surface area contributed by atoms with E-state index in [-0.39, 0.29) is 19.1 Å². The molecular weight excluding hydrogens is 274 g/mol. The molecule has 0 radical (unpaired) electrons. The number of methoxy groups -OCH3 is 1. The molecule has 116 valence electrons. The number of rotatable bonds is 8. The van der Waals surface area contributed by atoms with Gasteiger partial charge in [-0.1, -0.05) is 0 Å². The van der Waals surface area contributed by atoms with E-state index in [4.69, 9.17) is 14.2 Å². The Labute approximate surface area is 124 Å². The predicted molar refractivity (Wildman–Crippen MR) is 77.4 cm³/mol. The lowest BCUT2D eigenvalue weighted by molar-refractivity contribution is -0.149. The number of hydrogen-bond donors (Lipinski definition) is 0. The van der Waals surface area contributed by atoms with Crippen molar-refractivity contribution < 1.29 is 23.8 Å². The Hall–Kier alpha value is -2.24. The zero-order chi connectivity index (χ0) is 15.7. The molecule has 6 heteroatoms. The van der Waals surface area contributed by atoms with E-state index in [1.165, 1.54) is 4.90 Å². The van der Waals surface area contributed by atoms with E-state index in [0.29, 0.717) is 24.7 Å². The summed E-state index contributed by atoms with van der Waals surface area (Å²) in [4.78, 5) is 24.8. The molecule has 0 N–H and O–H groups in total. The molecule has 0 saturated heterocycles. The van der Waals surface area contributed by atoms with E-state index >= 15 is 0 Å². The van der Waals surface area contributed by atoms with Gasteiger partial charge in [0.2, 0.25) is 0 Å². The number of likely N-dealkylation sites (N-methyl/N-ethyl adjacent to an activating group) is 1. The first kappa shape index (κ1) is 16.8. The minimum absolute atomic E-state index is 0.0604. The molecule has 1 aromatic rings. The Morgan fingerprint density at radius 2 is 1.71 bits per heavy atom. The summed E-state index contributed by atoms with van der Waals surface area (Å²) in [5.74, 6) is 0.598. The Morgan fingerprint density at radius 3 is 2.24 bits per heavy atom. The van der Waals surface area contributed by atoms with Crippen molar-refractivity contribution >= 4 is 11.9 Å². The number of hydrogen-bond acceptors (Lipinski definition) is 5. The molecule has 0 saturated carbocycles. The van der Waals surface area contributed by atoms with Crippen molar-refractivity contribution in [1.29, 1.82) is 0 Å². The number of nitrogens with zero attached hydrogens (tertiary/aromatic N) is 1. The molecule has 0 aliphatic rings. The Bertz CT molecular complexity index is 458. The van der Waals surface area contributed by atoms with Crippen molar-refractivity contribution in [3.8, 4) is 11.5 Å². The van der Waals surface area contributed by atoms with Crippen molar-refractivity contribution in [3.63, 3.8) is 0 Å². The number of amides is 1. The number of esters is 1. The molecule has 6 nitrogen and oxygen atoms in total. The summed E-state index contributed by atoms with van der Waals surface area (Å²) in [5, 5.41) is 0. The van der Waals surface area contributed by atoms with Crippen LogP contribution in [0.5, 0.6) is 11.5 Å². The molecule has 0 aromatic heterocycles. The molecule has 0 fully saturated rings. The third-order valence-electron chi connectivity index (χ3n) is 2.78. The van der Waals surface area contributed by atoms with E-state index in [2.05, 4.69) is 0 Å². The minimum Gasteiger partial charge on any atom is -0.497 e. The zero-order valence-electron chi connectivity index (χ0n) is 12.6. The monoisotopic (exact) mass is 295 g/mol. The number of benzene rings is 1. The second-order valence-corrected chi connectivity index (χ2v) is 4.18. The van der Waals surface area contributed by atoms with Crippen LogP contribution in [0.15, 0.2) is 24.3 Å². The number of carbonyl (C=O) groups excluding carboxylic acids is 2. The first-order chi connectivity index (χ1) is 10.1. The SMILES string of the molecule is CCOC(=O)CN(CC)C(=O)COc1ccc(OC)cc1. The largest absolute Gasteiger partial charge is 0.497 e. The van der Waals surface area contributed by atoms with Gasteiger partial charge in [0.25, 0.3) is 5.91 Å². The molecule has 0 heterocycles. The summed E-state index contributed by atoms with van der Waals surface area (Å²) in [6.45, 7) is 4.05. The second kappa shape index (κ2) is 8.84. The zero-order valence-corrected chi connectivity index (χ0v) is 12.6. The fraction of sp³-hybridized carbons (Fsp3) is 0.467. The van der Waals surface area contributed by atoms with Crippen LogP contribution in [0, 0.1) is 0 Å². The van der Waals surface area contributed by atoms with Gasteiger partial charge in [0.15, 0.2) is 6.61 Å². The second-order valence-electron chi connectivity index (χ2n) is 4.18. The van der Waals surface area contributed by atoms with Gasteiger partial charge in [-0.3, -0.25) is 9.59 Å². The smallest absolute Gasteiger partial charge is 0.325 e. The van der Waals surface area contributed by atoms with Gasteiger partial charge in [0.05, 0.1) is 13.7 Å². The van der Waals surface area contributed by atoms with Gasteiger partial charge in [-0.05, 0) is 38.1 Å². The van der Waals surface area contributed by atoms with Gasteiger partial charge in [0.1, 0.15) is 18.0 Å². The summed E-state index contributed by atoms with van der Waals surface area (Å²) < 4.78 is 15.3. The normalized spacial score (nSPS) is 9.86. The predicted octanol–water partition coefficient (Wildman–Crippen LogP) is 1.49. The average molecular weight is 295 g/mol. The van der Waals surface area contributed by atoms with E-state index in [1.807, 2.05) is 0 Å². The molecule has 0 atom stereocenters. The van der Waals surface area contributed by atoms with Gasteiger partial charge in [-0.25, -0.2) is 0 Å². The topological polar surface area (TPSA) is 65.1 Å². The molecule has 1 aromatic carbocycles. The van der Waals surface area contributed by atoms with Crippen LogP contribution in [0.25, 0.3) is 0 Å². The van der Waals surface area contributed by atoms with Crippen LogP contribution in [0.1, 0.15) is 13.8 Å². The van der Waals surface area contributed by atoms with Gasteiger partial charge in [-0.15, -0.1) is 0 Å². The molecule has 1 rings (SSSR count). The van der Waals surface area contributed by atoms with E-state index in [9.17, 15) is 9.59 Å². The van der Waals surface area contributed by atoms with Gasteiger partial charge in [-0.2, -0.15) is 0 Å². The fourth-order valence-electron chi connectivity index (χ4n) is 1.65. The average Bonchev–Trinajstić information content (AvgIpc) is 2.51. The highest BCUT2D eigenvalue weighted by molar-refractivity contribution is 5.83.